The van der Waals surface area contributed by atoms with Gasteiger partial charge in [-0.1, -0.05) is 11.8 Å². The predicted octanol–water partition coefficient (Wildman–Crippen LogP) is 5.27. The third-order valence-electron chi connectivity index (χ3n) is 8.88. The number of halogens is 3. The predicted molar refractivity (Wildman–Crippen MR) is 165 cm³/mol. The number of carbonyl (C=O) groups is 1. The fourth-order valence-electron chi connectivity index (χ4n) is 6.76. The molecule has 3 aliphatic rings. The molecule has 3 N–H and O–H groups in total. The highest BCUT2D eigenvalue weighted by Crippen LogP contribution is 2.41. The Morgan fingerprint density at radius 1 is 1.16 bits per heavy atom. The van der Waals surface area contributed by atoms with Gasteiger partial charge in [-0.2, -0.15) is 13.2 Å². The molecule has 8 nitrogen and oxygen atoms in total. The molecule has 3 saturated heterocycles. The largest absolute Gasteiger partial charge is 0.495 e. The van der Waals surface area contributed by atoms with Crippen LogP contribution in [0.4, 0.5) is 24.5 Å². The van der Waals surface area contributed by atoms with Gasteiger partial charge in [-0.15, -0.1) is 0 Å². The molecule has 2 bridgehead atoms. The minimum absolute atomic E-state index is 0.0239. The van der Waals surface area contributed by atoms with Gasteiger partial charge in [0.1, 0.15) is 10.8 Å². The van der Waals surface area contributed by atoms with Crippen LogP contribution in [0.5, 0.6) is 5.75 Å². The monoisotopic (exact) mass is 627 g/mol. The first-order valence-corrected chi connectivity index (χ1v) is 15.5. The number of pyridine rings is 1. The Kier molecular flexibility index (Phi) is 8.15. The van der Waals surface area contributed by atoms with Crippen molar-refractivity contribution in [1.82, 2.24) is 14.2 Å². The van der Waals surface area contributed by atoms with Crippen molar-refractivity contribution < 1.29 is 27.8 Å². The summed E-state index contributed by atoms with van der Waals surface area (Å²) in [5, 5.41) is 16.8. The van der Waals surface area contributed by atoms with Gasteiger partial charge in [0.05, 0.1) is 54.8 Å². The molecule has 0 radical (unpaired) electrons. The van der Waals surface area contributed by atoms with Gasteiger partial charge in [0.25, 0.3) is 5.91 Å². The molecule has 0 aliphatic carbocycles. The summed E-state index contributed by atoms with van der Waals surface area (Å²) in [4.78, 5) is 16.7. The van der Waals surface area contributed by atoms with Gasteiger partial charge < -0.3 is 29.8 Å². The van der Waals surface area contributed by atoms with Crippen LogP contribution in [0.2, 0.25) is 0 Å². The minimum Gasteiger partial charge on any atom is -0.495 e. The number of aliphatic hydroxyl groups is 1. The lowest BCUT2D eigenvalue weighted by Gasteiger charge is -2.44. The van der Waals surface area contributed by atoms with Crippen molar-refractivity contribution in [2.45, 2.75) is 66.9 Å². The first kappa shape index (κ1) is 30.5. The number of nitrogens with zero attached hydrogens (tertiary/aromatic N) is 3. The molecule has 3 aromatic rings. The van der Waals surface area contributed by atoms with Crippen molar-refractivity contribution in [1.29, 1.82) is 0 Å². The number of methoxy groups -OCH3 is 1. The molecule has 234 valence electrons. The molecular weight excluding hydrogens is 591 g/mol. The van der Waals surface area contributed by atoms with E-state index in [1.165, 1.54) is 13.5 Å². The average molecular weight is 628 g/mol. The highest BCUT2D eigenvalue weighted by atomic mass is 32.2. The Labute approximate surface area is 258 Å². The van der Waals surface area contributed by atoms with Crippen molar-refractivity contribution in [3.05, 3.63) is 53.7 Å². The molecule has 5 heterocycles. The molecule has 2 aromatic heterocycles. The highest BCUT2D eigenvalue weighted by molar-refractivity contribution is 8.00. The molecule has 0 saturated carbocycles. The number of carbonyl (C=O) groups excluding carboxylic acids is 1. The lowest BCUT2D eigenvalue weighted by atomic mass is 9.96. The number of β-amino-alcohol motifs (C(OH)–C–C–N with tert-alkyl or cyclic N) is 1. The summed E-state index contributed by atoms with van der Waals surface area (Å²) in [6.45, 7) is 2.36. The van der Waals surface area contributed by atoms with E-state index in [-0.39, 0.29) is 48.4 Å². The molecular formula is C32H36F3N5O3S. The number of anilines is 2. The van der Waals surface area contributed by atoms with E-state index in [9.17, 15) is 23.1 Å². The summed E-state index contributed by atoms with van der Waals surface area (Å²) < 4.78 is 48.0. The van der Waals surface area contributed by atoms with Crippen molar-refractivity contribution in [2.24, 2.45) is 0 Å². The third-order valence-corrected chi connectivity index (χ3v) is 9.72. The van der Waals surface area contributed by atoms with Crippen LogP contribution in [0, 0.1) is 11.8 Å². The van der Waals surface area contributed by atoms with Crippen molar-refractivity contribution >= 4 is 34.6 Å². The maximum atomic E-state index is 13.7. The van der Waals surface area contributed by atoms with E-state index in [1.807, 2.05) is 6.07 Å². The van der Waals surface area contributed by atoms with Gasteiger partial charge >= 0.3 is 5.51 Å². The number of alkyl halides is 3. The number of likely N-dealkylation sites (tertiary alicyclic amines) is 1. The molecule has 0 unspecified atom stereocenters. The number of likely N-dealkylation sites (N-methyl/N-ethyl adjacent to an activating group) is 1. The van der Waals surface area contributed by atoms with E-state index in [0.29, 0.717) is 40.2 Å². The molecule has 3 fully saturated rings. The molecule has 6 rings (SSSR count). The number of hydrogen-bond acceptors (Lipinski definition) is 7. The number of fused-ring (bicyclic) bond motifs is 3. The van der Waals surface area contributed by atoms with Gasteiger partial charge in [-0.25, -0.2) is 0 Å². The second kappa shape index (κ2) is 11.8. The first-order chi connectivity index (χ1) is 20.9. The van der Waals surface area contributed by atoms with Crippen molar-refractivity contribution in [3.63, 3.8) is 0 Å². The summed E-state index contributed by atoms with van der Waals surface area (Å²) in [6, 6.07) is 11.7. The summed E-state index contributed by atoms with van der Waals surface area (Å²) >= 11 is -0.164. The SMILES string of the molecule is COc1cc(C(=O)N2CC(C)(O)C2)ccc1NCC#Cc1cc2c(N[C@@H]3CC[C@@H]4CC[C@H]3N4C)cccn2c1SC(F)(F)F. The molecule has 12 heteroatoms. The fraction of sp³-hybridized carbons (Fsp3) is 0.469. The zero-order valence-electron chi connectivity index (χ0n) is 24.9. The normalized spacial score (nSPS) is 22.7. The van der Waals surface area contributed by atoms with E-state index in [2.05, 4.69) is 34.4 Å². The zero-order chi connectivity index (χ0) is 31.2. The number of amides is 1. The van der Waals surface area contributed by atoms with Crippen molar-refractivity contribution in [2.75, 3.05) is 44.4 Å². The Bertz CT molecular complexity index is 1620. The third kappa shape index (κ3) is 6.18. The topological polar surface area (TPSA) is 81.5 Å². The van der Waals surface area contributed by atoms with Crippen LogP contribution in [0.15, 0.2) is 47.6 Å². The maximum absolute atomic E-state index is 13.7. The highest BCUT2D eigenvalue weighted by Gasteiger charge is 2.41. The molecule has 1 amide bonds. The Balaban J connectivity index is 1.20. The number of hydrogen-bond donors (Lipinski definition) is 3. The second-order valence-electron chi connectivity index (χ2n) is 12.1. The lowest BCUT2D eigenvalue weighted by Crippen LogP contribution is -2.61. The Hall–Kier alpha value is -3.53. The van der Waals surface area contributed by atoms with E-state index >= 15 is 0 Å². The number of thioether (sulfide) groups is 1. The molecule has 0 spiro atoms. The molecule has 44 heavy (non-hydrogen) atoms. The molecule has 1 aromatic carbocycles. The first-order valence-electron chi connectivity index (χ1n) is 14.7. The smallest absolute Gasteiger partial charge is 0.447 e. The van der Waals surface area contributed by atoms with E-state index < -0.39 is 11.1 Å². The van der Waals surface area contributed by atoms with Gasteiger partial charge in [-0.3, -0.25) is 9.69 Å². The van der Waals surface area contributed by atoms with Crippen LogP contribution in [0.25, 0.3) is 5.52 Å². The lowest BCUT2D eigenvalue weighted by molar-refractivity contribution is -0.0668. The number of benzene rings is 1. The van der Waals surface area contributed by atoms with Gasteiger partial charge in [0, 0.05) is 41.6 Å². The van der Waals surface area contributed by atoms with E-state index in [0.717, 1.165) is 24.9 Å². The quantitative estimate of drug-likeness (QED) is 0.243. The second-order valence-corrected chi connectivity index (χ2v) is 13.2. The van der Waals surface area contributed by atoms with Crippen LogP contribution < -0.4 is 15.4 Å². The number of rotatable bonds is 7. The zero-order valence-corrected chi connectivity index (χ0v) is 25.7. The standard InChI is InChI=1S/C32H36F3N5O3S/c1-31(42)18-39(19-31)29(41)20-8-11-25(28(17-20)43-3)36-14-4-6-21-16-27-23(7-5-15-40(27)30(21)44-32(33,34)35)37-24-12-9-22-10-13-26(24)38(22)2/h5,7-8,11,15-17,22,24,26,36-37,42H,9-10,12-14,18-19H2,1-3H3/t22-,24-,26-/m1/s1. The average Bonchev–Trinajstić information content (AvgIpc) is 3.41. The summed E-state index contributed by atoms with van der Waals surface area (Å²) in [5.74, 6) is 6.14. The van der Waals surface area contributed by atoms with Crippen LogP contribution in [0.3, 0.4) is 0 Å². The van der Waals surface area contributed by atoms with Gasteiger partial charge in [-0.05, 0) is 76.1 Å². The van der Waals surface area contributed by atoms with Gasteiger partial charge in [0.15, 0.2) is 0 Å². The van der Waals surface area contributed by atoms with E-state index in [1.54, 1.807) is 52.8 Å². The van der Waals surface area contributed by atoms with Crippen molar-refractivity contribution in [3.8, 4) is 17.6 Å². The number of nitrogens with one attached hydrogen (secondary N) is 2. The fourth-order valence-corrected chi connectivity index (χ4v) is 7.45. The number of aromatic nitrogens is 1. The van der Waals surface area contributed by atoms with Crippen LogP contribution in [0.1, 0.15) is 48.5 Å². The van der Waals surface area contributed by atoms with Crippen LogP contribution in [-0.2, 0) is 0 Å². The summed E-state index contributed by atoms with van der Waals surface area (Å²) in [6.07, 6.45) is 6.09. The summed E-state index contributed by atoms with van der Waals surface area (Å²) in [5.41, 5.74) is -2.56. The molecule has 3 aliphatic heterocycles. The van der Waals surface area contributed by atoms with Crippen LogP contribution in [-0.4, -0.2) is 88.2 Å². The maximum Gasteiger partial charge on any atom is 0.447 e. The van der Waals surface area contributed by atoms with Gasteiger partial charge in [0.2, 0.25) is 0 Å². The Morgan fingerprint density at radius 2 is 1.93 bits per heavy atom. The minimum atomic E-state index is -4.48. The Morgan fingerprint density at radius 3 is 2.66 bits per heavy atom. The molecule has 3 atom stereocenters. The number of ether oxygens (including phenoxy) is 1. The number of piperidine rings is 1. The van der Waals surface area contributed by atoms with Crippen LogP contribution >= 0.6 is 11.8 Å². The summed E-state index contributed by atoms with van der Waals surface area (Å²) in [7, 11) is 3.65. The van der Waals surface area contributed by atoms with E-state index in [4.69, 9.17) is 4.74 Å².